The Labute approximate surface area is 128 Å². The van der Waals surface area contributed by atoms with Crippen LogP contribution in [0.25, 0.3) is 22.3 Å². The molecule has 0 aliphatic rings. The van der Waals surface area contributed by atoms with Crippen molar-refractivity contribution in [1.82, 2.24) is 15.1 Å². The smallest absolute Gasteiger partial charge is 0.229 e. The Morgan fingerprint density at radius 1 is 1.05 bits per heavy atom. The van der Waals surface area contributed by atoms with Gasteiger partial charge in [-0.3, -0.25) is 0 Å². The Kier molecular flexibility index (Phi) is 3.66. The molecule has 0 atom stereocenters. The number of benzene rings is 1. The van der Waals surface area contributed by atoms with Crippen molar-refractivity contribution >= 4 is 10.9 Å². The molecule has 0 unspecified atom stereocenters. The molecule has 0 fully saturated rings. The lowest BCUT2D eigenvalue weighted by atomic mass is 10.1. The number of ether oxygens (including phenoxy) is 2. The lowest BCUT2D eigenvalue weighted by Crippen LogP contribution is -1.95. The minimum Gasteiger partial charge on any atom is -0.497 e. The predicted molar refractivity (Wildman–Crippen MR) is 82.2 cm³/mol. The van der Waals surface area contributed by atoms with Gasteiger partial charge in [0, 0.05) is 11.3 Å². The Morgan fingerprint density at radius 3 is 2.50 bits per heavy atom. The second-order valence-corrected chi connectivity index (χ2v) is 5.21. The van der Waals surface area contributed by atoms with Crippen LogP contribution in [0.3, 0.4) is 0 Å². The lowest BCUT2D eigenvalue weighted by Gasteiger charge is -2.07. The van der Waals surface area contributed by atoms with Gasteiger partial charge < -0.3 is 14.0 Å². The zero-order chi connectivity index (χ0) is 15.7. The van der Waals surface area contributed by atoms with E-state index in [9.17, 15) is 0 Å². The molecule has 114 valence electrons. The van der Waals surface area contributed by atoms with Crippen LogP contribution >= 0.6 is 0 Å². The summed E-state index contributed by atoms with van der Waals surface area (Å²) in [6.45, 7) is 4.00. The summed E-state index contributed by atoms with van der Waals surface area (Å²) < 4.78 is 15.9. The molecule has 0 saturated heterocycles. The molecule has 3 rings (SSSR count). The molecule has 6 heteroatoms. The summed E-state index contributed by atoms with van der Waals surface area (Å²) in [5, 5.41) is 4.95. The first kappa shape index (κ1) is 14.3. The third-order valence-corrected chi connectivity index (χ3v) is 3.36. The highest BCUT2D eigenvalue weighted by atomic mass is 16.5. The number of hydrogen-bond donors (Lipinski definition) is 0. The van der Waals surface area contributed by atoms with Gasteiger partial charge in [-0.25, -0.2) is 4.98 Å². The van der Waals surface area contributed by atoms with Gasteiger partial charge in [-0.2, -0.15) is 4.98 Å². The Balaban J connectivity index is 2.17. The van der Waals surface area contributed by atoms with Crippen molar-refractivity contribution in [2.45, 2.75) is 19.8 Å². The van der Waals surface area contributed by atoms with Gasteiger partial charge in [0.1, 0.15) is 5.75 Å². The molecule has 2 aromatic heterocycles. The third kappa shape index (κ3) is 2.47. The van der Waals surface area contributed by atoms with Crippen LogP contribution in [0, 0.1) is 0 Å². The maximum Gasteiger partial charge on any atom is 0.229 e. The number of methoxy groups -OCH3 is 2. The van der Waals surface area contributed by atoms with Gasteiger partial charge in [0.05, 0.1) is 25.3 Å². The second kappa shape index (κ2) is 5.63. The maximum atomic E-state index is 5.37. The molecule has 0 aliphatic carbocycles. The average molecular weight is 299 g/mol. The van der Waals surface area contributed by atoms with Crippen molar-refractivity contribution in [1.29, 1.82) is 0 Å². The quantitative estimate of drug-likeness (QED) is 0.735. The highest BCUT2D eigenvalue weighted by Gasteiger charge is 2.17. The van der Waals surface area contributed by atoms with Gasteiger partial charge in [0.2, 0.25) is 17.6 Å². The molecular formula is C16H17N3O3. The van der Waals surface area contributed by atoms with E-state index >= 15 is 0 Å². The van der Waals surface area contributed by atoms with E-state index in [0.717, 1.165) is 16.7 Å². The van der Waals surface area contributed by atoms with Gasteiger partial charge in [0.25, 0.3) is 0 Å². The summed E-state index contributed by atoms with van der Waals surface area (Å²) in [6.07, 6.45) is 0. The first-order valence-corrected chi connectivity index (χ1v) is 6.99. The monoisotopic (exact) mass is 299 g/mol. The van der Waals surface area contributed by atoms with Crippen molar-refractivity contribution in [3.8, 4) is 23.0 Å². The largest absolute Gasteiger partial charge is 0.497 e. The fraction of sp³-hybridized carbons (Fsp3) is 0.312. The lowest BCUT2D eigenvalue weighted by molar-refractivity contribution is 0.365. The summed E-state index contributed by atoms with van der Waals surface area (Å²) in [5.41, 5.74) is 1.51. The first-order valence-electron chi connectivity index (χ1n) is 6.99. The highest BCUT2D eigenvalue weighted by molar-refractivity contribution is 5.86. The van der Waals surface area contributed by atoms with E-state index in [-0.39, 0.29) is 5.92 Å². The van der Waals surface area contributed by atoms with Gasteiger partial charge in [-0.05, 0) is 24.3 Å². The Hall–Kier alpha value is -2.63. The zero-order valence-corrected chi connectivity index (χ0v) is 13.0. The van der Waals surface area contributed by atoms with E-state index in [4.69, 9.17) is 14.0 Å². The van der Waals surface area contributed by atoms with Crippen molar-refractivity contribution in [3.05, 3.63) is 30.2 Å². The van der Waals surface area contributed by atoms with Crippen LogP contribution in [0.4, 0.5) is 0 Å². The van der Waals surface area contributed by atoms with Crippen LogP contribution in [0.1, 0.15) is 25.7 Å². The molecule has 0 amide bonds. The first-order chi connectivity index (χ1) is 10.6. The summed E-state index contributed by atoms with van der Waals surface area (Å²) in [5.74, 6) is 2.46. The fourth-order valence-corrected chi connectivity index (χ4v) is 2.16. The van der Waals surface area contributed by atoms with E-state index in [1.807, 2.05) is 38.1 Å². The summed E-state index contributed by atoms with van der Waals surface area (Å²) in [7, 11) is 3.21. The Bertz CT molecular complexity index is 812. The molecule has 0 bridgehead atoms. The molecule has 0 spiro atoms. The third-order valence-electron chi connectivity index (χ3n) is 3.36. The van der Waals surface area contributed by atoms with Crippen molar-refractivity contribution < 1.29 is 14.0 Å². The summed E-state index contributed by atoms with van der Waals surface area (Å²) >= 11 is 0. The van der Waals surface area contributed by atoms with Crippen molar-refractivity contribution in [2.24, 2.45) is 0 Å². The number of nitrogens with zero attached hydrogens (tertiary/aromatic N) is 3. The molecular weight excluding hydrogens is 282 g/mol. The average Bonchev–Trinajstić information content (AvgIpc) is 3.03. The molecule has 0 aliphatic heterocycles. The van der Waals surface area contributed by atoms with Crippen LogP contribution < -0.4 is 9.47 Å². The van der Waals surface area contributed by atoms with E-state index < -0.39 is 0 Å². The fourth-order valence-electron chi connectivity index (χ4n) is 2.16. The number of aromatic nitrogens is 3. The van der Waals surface area contributed by atoms with Crippen LogP contribution in [0.5, 0.6) is 11.6 Å². The number of rotatable bonds is 4. The molecule has 0 radical (unpaired) electrons. The minimum atomic E-state index is 0.167. The van der Waals surface area contributed by atoms with Crippen molar-refractivity contribution in [2.75, 3.05) is 14.2 Å². The SMILES string of the molecule is COc1ccc2nc(OC)c(-c3noc(C(C)C)n3)cc2c1. The predicted octanol–water partition coefficient (Wildman–Crippen LogP) is 3.43. The van der Waals surface area contributed by atoms with Crippen LogP contribution in [-0.4, -0.2) is 29.3 Å². The second-order valence-electron chi connectivity index (χ2n) is 5.21. The minimum absolute atomic E-state index is 0.167. The van der Waals surface area contributed by atoms with E-state index in [2.05, 4.69) is 15.1 Å². The number of fused-ring (bicyclic) bond motifs is 1. The maximum absolute atomic E-state index is 5.37. The summed E-state index contributed by atoms with van der Waals surface area (Å²) in [6, 6.07) is 7.59. The zero-order valence-electron chi connectivity index (χ0n) is 13.0. The summed E-state index contributed by atoms with van der Waals surface area (Å²) in [4.78, 5) is 8.91. The van der Waals surface area contributed by atoms with E-state index in [0.29, 0.717) is 23.2 Å². The highest BCUT2D eigenvalue weighted by Crippen LogP contribution is 2.31. The standard InChI is InChI=1S/C16H17N3O3/c1-9(2)15-18-14(19-22-15)12-8-10-7-11(20-3)5-6-13(10)17-16(12)21-4/h5-9H,1-4H3. The van der Waals surface area contributed by atoms with Crippen LogP contribution in [0.2, 0.25) is 0 Å². The normalized spacial score (nSPS) is 11.1. The molecule has 0 N–H and O–H groups in total. The van der Waals surface area contributed by atoms with Crippen LogP contribution in [-0.2, 0) is 0 Å². The van der Waals surface area contributed by atoms with Gasteiger partial charge in [-0.1, -0.05) is 19.0 Å². The van der Waals surface area contributed by atoms with Gasteiger partial charge >= 0.3 is 0 Å². The van der Waals surface area contributed by atoms with Gasteiger partial charge in [-0.15, -0.1) is 0 Å². The molecule has 22 heavy (non-hydrogen) atoms. The molecule has 6 nitrogen and oxygen atoms in total. The van der Waals surface area contributed by atoms with Gasteiger partial charge in [0.15, 0.2) is 0 Å². The van der Waals surface area contributed by atoms with Crippen LogP contribution in [0.15, 0.2) is 28.8 Å². The van der Waals surface area contributed by atoms with Crippen molar-refractivity contribution in [3.63, 3.8) is 0 Å². The van der Waals surface area contributed by atoms with E-state index in [1.54, 1.807) is 14.2 Å². The molecule has 3 aromatic rings. The number of hydrogen-bond acceptors (Lipinski definition) is 6. The topological polar surface area (TPSA) is 70.3 Å². The molecule has 0 saturated carbocycles. The van der Waals surface area contributed by atoms with E-state index in [1.165, 1.54) is 0 Å². The Morgan fingerprint density at radius 2 is 1.86 bits per heavy atom. The molecule has 1 aromatic carbocycles. The molecule has 2 heterocycles. The number of pyridine rings is 1.